The van der Waals surface area contributed by atoms with Crippen LogP contribution in [0.25, 0.3) is 0 Å². The van der Waals surface area contributed by atoms with E-state index in [2.05, 4.69) is 0 Å². The minimum Gasteiger partial charge on any atom is -0.507 e. The van der Waals surface area contributed by atoms with Gasteiger partial charge in [0.1, 0.15) is 11.8 Å². The predicted octanol–water partition coefficient (Wildman–Crippen LogP) is 2.94. The van der Waals surface area contributed by atoms with Crippen LogP contribution in [0.5, 0.6) is 5.75 Å². The Kier molecular flexibility index (Phi) is 4.73. The first-order valence-electron chi connectivity index (χ1n) is 7.19. The minimum atomic E-state index is -1.02. The molecule has 0 fully saturated rings. The van der Waals surface area contributed by atoms with Gasteiger partial charge in [-0.15, -0.1) is 0 Å². The maximum absolute atomic E-state index is 11.0. The molecule has 0 aromatic heterocycles. The molecule has 0 aliphatic rings. The zero-order valence-electron chi connectivity index (χ0n) is 13.8. The number of benzene rings is 1. The van der Waals surface area contributed by atoms with E-state index in [0.717, 1.165) is 16.7 Å². The Labute approximate surface area is 127 Å². The summed E-state index contributed by atoms with van der Waals surface area (Å²) in [5.41, 5.74) is 7.67. The lowest BCUT2D eigenvalue weighted by Crippen LogP contribution is -2.32. The van der Waals surface area contributed by atoms with Gasteiger partial charge in [-0.25, -0.2) is 0 Å². The first-order valence-corrected chi connectivity index (χ1v) is 7.19. The number of aliphatic carboxylic acids is 1. The van der Waals surface area contributed by atoms with E-state index in [0.29, 0.717) is 5.75 Å². The van der Waals surface area contributed by atoms with Crippen LogP contribution in [-0.4, -0.2) is 22.2 Å². The van der Waals surface area contributed by atoms with Crippen LogP contribution in [0.4, 0.5) is 0 Å². The lowest BCUT2D eigenvalue weighted by atomic mass is 9.78. The monoisotopic (exact) mass is 293 g/mol. The van der Waals surface area contributed by atoms with Crippen molar-refractivity contribution in [3.05, 3.63) is 28.8 Å². The van der Waals surface area contributed by atoms with Crippen molar-refractivity contribution in [2.45, 2.75) is 64.8 Å². The second kappa shape index (κ2) is 5.68. The van der Waals surface area contributed by atoms with E-state index in [9.17, 15) is 9.90 Å². The number of carboxylic acids is 1. The minimum absolute atomic E-state index is 0.229. The molecule has 0 saturated heterocycles. The number of phenolic OH excluding ortho intramolecular Hbond substituents is 1. The van der Waals surface area contributed by atoms with Gasteiger partial charge >= 0.3 is 5.97 Å². The molecule has 21 heavy (non-hydrogen) atoms. The molecule has 4 heteroatoms. The maximum Gasteiger partial charge on any atom is 0.320 e. The molecule has 4 N–H and O–H groups in total. The summed E-state index contributed by atoms with van der Waals surface area (Å²) in [5.74, 6) is -0.722. The number of phenols is 1. The molecule has 0 aliphatic carbocycles. The van der Waals surface area contributed by atoms with Crippen LogP contribution in [0, 0.1) is 0 Å². The van der Waals surface area contributed by atoms with Crippen LogP contribution in [-0.2, 0) is 22.0 Å². The molecule has 1 aromatic rings. The molecule has 1 unspecified atom stereocenters. The third kappa shape index (κ3) is 4.21. The van der Waals surface area contributed by atoms with Crippen molar-refractivity contribution in [2.75, 3.05) is 0 Å². The summed E-state index contributed by atoms with van der Waals surface area (Å²) in [6, 6.07) is 2.80. The van der Waals surface area contributed by atoms with Crippen LogP contribution < -0.4 is 5.73 Å². The molecule has 1 atom stereocenters. The van der Waals surface area contributed by atoms with Gasteiger partial charge in [0, 0.05) is 0 Å². The summed E-state index contributed by atoms with van der Waals surface area (Å²) in [4.78, 5) is 11.0. The van der Waals surface area contributed by atoms with Gasteiger partial charge < -0.3 is 15.9 Å². The van der Waals surface area contributed by atoms with Gasteiger partial charge in [0.15, 0.2) is 0 Å². The Morgan fingerprint density at radius 1 is 1.10 bits per heavy atom. The second-order valence-electron chi connectivity index (χ2n) is 7.69. The van der Waals surface area contributed by atoms with Gasteiger partial charge in [-0.2, -0.15) is 0 Å². The zero-order valence-corrected chi connectivity index (χ0v) is 13.8. The highest BCUT2D eigenvalue weighted by Crippen LogP contribution is 2.39. The third-order valence-corrected chi connectivity index (χ3v) is 3.56. The first-order chi connectivity index (χ1) is 9.34. The van der Waals surface area contributed by atoms with Crippen LogP contribution >= 0.6 is 0 Å². The Balaban J connectivity index is 3.44. The van der Waals surface area contributed by atoms with Gasteiger partial charge in [-0.05, 0) is 33.9 Å². The molecule has 1 rings (SSSR count). The lowest BCUT2D eigenvalue weighted by Gasteiger charge is -2.28. The summed E-state index contributed by atoms with van der Waals surface area (Å²) in [7, 11) is 0. The first kappa shape index (κ1) is 17.5. The third-order valence-electron chi connectivity index (χ3n) is 3.56. The van der Waals surface area contributed by atoms with E-state index in [1.54, 1.807) is 0 Å². The number of rotatable bonds is 3. The Hall–Kier alpha value is -1.55. The highest BCUT2D eigenvalue weighted by atomic mass is 16.4. The number of hydrogen-bond donors (Lipinski definition) is 3. The molecule has 0 saturated carbocycles. The number of carbonyl (C=O) groups is 1. The topological polar surface area (TPSA) is 83.6 Å². The Morgan fingerprint density at radius 2 is 1.48 bits per heavy atom. The van der Waals surface area contributed by atoms with E-state index in [1.807, 2.05) is 53.7 Å². The molecular formula is C17H27NO3. The molecule has 1 aromatic carbocycles. The van der Waals surface area contributed by atoms with Crippen molar-refractivity contribution < 1.29 is 15.0 Å². The Bertz CT molecular complexity index is 501. The smallest absolute Gasteiger partial charge is 0.320 e. The van der Waals surface area contributed by atoms with Crippen LogP contribution in [0.1, 0.15) is 58.2 Å². The average Bonchev–Trinajstić information content (AvgIpc) is 2.27. The largest absolute Gasteiger partial charge is 0.507 e. The zero-order chi connectivity index (χ0) is 16.6. The quantitative estimate of drug-likeness (QED) is 0.800. The molecule has 0 amide bonds. The van der Waals surface area contributed by atoms with E-state index in [4.69, 9.17) is 10.8 Å². The van der Waals surface area contributed by atoms with Crippen LogP contribution in [0.2, 0.25) is 0 Å². The number of aromatic hydroxyl groups is 1. The highest BCUT2D eigenvalue weighted by Gasteiger charge is 2.27. The predicted molar refractivity (Wildman–Crippen MR) is 84.8 cm³/mol. The number of carboxylic acid groups (broad SMARTS) is 1. The maximum atomic E-state index is 11.0. The molecule has 0 aliphatic heterocycles. The second-order valence-corrected chi connectivity index (χ2v) is 7.69. The SMILES string of the molecule is CC(C)(C)c1cc(CC(N)C(=O)O)cc(C(C)(C)C)c1O. The molecule has 4 nitrogen and oxygen atoms in total. The molecule has 0 heterocycles. The fourth-order valence-electron chi connectivity index (χ4n) is 2.30. The van der Waals surface area contributed by atoms with Crippen molar-refractivity contribution in [1.82, 2.24) is 0 Å². The van der Waals surface area contributed by atoms with Crippen molar-refractivity contribution in [2.24, 2.45) is 5.73 Å². The van der Waals surface area contributed by atoms with E-state index in [1.165, 1.54) is 0 Å². The molecular weight excluding hydrogens is 266 g/mol. The lowest BCUT2D eigenvalue weighted by molar-refractivity contribution is -0.138. The molecule has 0 bridgehead atoms. The van der Waals surface area contributed by atoms with Gasteiger partial charge in [-0.1, -0.05) is 53.7 Å². The summed E-state index contributed by atoms with van der Waals surface area (Å²) >= 11 is 0. The number of hydrogen-bond acceptors (Lipinski definition) is 3. The van der Waals surface area contributed by atoms with Crippen molar-refractivity contribution >= 4 is 5.97 Å². The van der Waals surface area contributed by atoms with E-state index >= 15 is 0 Å². The summed E-state index contributed by atoms with van der Waals surface area (Å²) in [5, 5.41) is 19.6. The van der Waals surface area contributed by atoms with E-state index in [-0.39, 0.29) is 17.3 Å². The van der Waals surface area contributed by atoms with Crippen molar-refractivity contribution in [3.63, 3.8) is 0 Å². The van der Waals surface area contributed by atoms with Crippen LogP contribution in [0.15, 0.2) is 12.1 Å². The van der Waals surface area contributed by atoms with Gasteiger partial charge in [-0.3, -0.25) is 4.79 Å². The van der Waals surface area contributed by atoms with Gasteiger partial charge in [0.05, 0.1) is 0 Å². The number of nitrogens with two attached hydrogens (primary N) is 1. The summed E-state index contributed by atoms with van der Waals surface area (Å²) in [6.45, 7) is 12.1. The molecule has 0 spiro atoms. The molecule has 0 radical (unpaired) electrons. The molecule has 118 valence electrons. The van der Waals surface area contributed by atoms with Gasteiger partial charge in [0.2, 0.25) is 0 Å². The van der Waals surface area contributed by atoms with Crippen molar-refractivity contribution in [1.29, 1.82) is 0 Å². The van der Waals surface area contributed by atoms with Crippen LogP contribution in [0.3, 0.4) is 0 Å². The van der Waals surface area contributed by atoms with E-state index < -0.39 is 12.0 Å². The fraction of sp³-hybridized carbons (Fsp3) is 0.588. The van der Waals surface area contributed by atoms with Crippen molar-refractivity contribution in [3.8, 4) is 5.75 Å². The normalized spacial score (nSPS) is 14.0. The summed E-state index contributed by atoms with van der Waals surface area (Å²) in [6.07, 6.45) is 0.252. The summed E-state index contributed by atoms with van der Waals surface area (Å²) < 4.78 is 0. The fourth-order valence-corrected chi connectivity index (χ4v) is 2.30. The standard InChI is InChI=1S/C17H27NO3/c1-16(2,3)11-7-10(9-13(18)15(20)21)8-12(14(11)19)17(4,5)6/h7-8,13,19H,9,18H2,1-6H3,(H,20,21). The Morgan fingerprint density at radius 3 is 1.76 bits per heavy atom. The highest BCUT2D eigenvalue weighted by molar-refractivity contribution is 5.73. The average molecular weight is 293 g/mol. The van der Waals surface area contributed by atoms with Gasteiger partial charge in [0.25, 0.3) is 0 Å².